The predicted octanol–water partition coefficient (Wildman–Crippen LogP) is 3.07. The van der Waals surface area contributed by atoms with Gasteiger partial charge in [-0.05, 0) is 50.3 Å². The number of likely N-dealkylation sites (N-methyl/N-ethyl adjacent to an activating group) is 1. The normalized spacial score (nSPS) is 12.8. The number of sulfonamides is 1. The number of hydrogen-bond donors (Lipinski definition) is 2. The van der Waals surface area contributed by atoms with Crippen LogP contribution in [0.1, 0.15) is 31.2 Å². The number of thiophene rings is 1. The standard InChI is InChI=1S/C20H30N4O2S2/c1-20(2,3)23-28(25,26)18-11-7-6-9-16(18)15-22-19(21-4)24(5)13-12-17-10-8-14-27-17/h6-11,14,23H,12-13,15H2,1-5H3,(H,21,22). The number of aliphatic imine (C=N–C) groups is 1. The zero-order valence-electron chi connectivity index (χ0n) is 17.2. The summed E-state index contributed by atoms with van der Waals surface area (Å²) in [5.41, 5.74) is 0.157. The molecule has 2 rings (SSSR count). The third-order valence-corrected chi connectivity index (χ3v) is 6.78. The highest BCUT2D eigenvalue weighted by atomic mass is 32.2. The summed E-state index contributed by atoms with van der Waals surface area (Å²) in [5, 5.41) is 5.35. The Labute approximate surface area is 172 Å². The van der Waals surface area contributed by atoms with Gasteiger partial charge in [-0.25, -0.2) is 13.1 Å². The monoisotopic (exact) mass is 422 g/mol. The number of nitrogens with one attached hydrogen (secondary N) is 2. The molecule has 1 aromatic heterocycles. The van der Waals surface area contributed by atoms with Crippen LogP contribution < -0.4 is 10.0 Å². The van der Waals surface area contributed by atoms with Crippen molar-refractivity contribution in [3.05, 3.63) is 52.2 Å². The first-order valence-corrected chi connectivity index (χ1v) is 11.5. The summed E-state index contributed by atoms with van der Waals surface area (Å²) in [6.45, 7) is 6.68. The van der Waals surface area contributed by atoms with Crippen molar-refractivity contribution in [3.8, 4) is 0 Å². The zero-order chi connectivity index (χ0) is 20.8. The number of nitrogens with zero attached hydrogens (tertiary/aromatic N) is 2. The predicted molar refractivity (Wildman–Crippen MR) is 117 cm³/mol. The minimum atomic E-state index is -3.61. The van der Waals surface area contributed by atoms with Gasteiger partial charge < -0.3 is 10.2 Å². The van der Waals surface area contributed by atoms with Gasteiger partial charge in [0.05, 0.1) is 4.90 Å². The van der Waals surface area contributed by atoms with Crippen molar-refractivity contribution in [2.75, 3.05) is 20.6 Å². The SMILES string of the molecule is CN=C(NCc1ccccc1S(=O)(=O)NC(C)(C)C)N(C)CCc1cccs1. The fraction of sp³-hybridized carbons (Fsp3) is 0.450. The molecule has 154 valence electrons. The van der Waals surface area contributed by atoms with Crippen LogP contribution >= 0.6 is 11.3 Å². The smallest absolute Gasteiger partial charge is 0.241 e. The molecule has 1 aromatic carbocycles. The maximum Gasteiger partial charge on any atom is 0.241 e. The number of rotatable bonds is 7. The van der Waals surface area contributed by atoms with E-state index in [0.29, 0.717) is 12.1 Å². The number of guanidine groups is 1. The highest BCUT2D eigenvalue weighted by Gasteiger charge is 2.24. The van der Waals surface area contributed by atoms with E-state index in [-0.39, 0.29) is 4.90 Å². The van der Waals surface area contributed by atoms with Gasteiger partial charge in [0.1, 0.15) is 0 Å². The quantitative estimate of drug-likeness (QED) is 0.531. The fourth-order valence-electron chi connectivity index (χ4n) is 2.77. The molecule has 0 atom stereocenters. The van der Waals surface area contributed by atoms with Crippen LogP contribution in [0.15, 0.2) is 51.7 Å². The summed E-state index contributed by atoms with van der Waals surface area (Å²) in [6.07, 6.45) is 0.940. The van der Waals surface area contributed by atoms with E-state index >= 15 is 0 Å². The molecule has 0 amide bonds. The molecule has 0 aliphatic carbocycles. The molecule has 0 saturated heterocycles. The molecule has 0 aliphatic rings. The average Bonchev–Trinajstić information content (AvgIpc) is 3.12. The third kappa shape index (κ3) is 6.61. The Kier molecular flexibility index (Phi) is 7.63. The van der Waals surface area contributed by atoms with Gasteiger partial charge in [0.2, 0.25) is 10.0 Å². The van der Waals surface area contributed by atoms with Crippen LogP contribution in [0.25, 0.3) is 0 Å². The lowest BCUT2D eigenvalue weighted by molar-refractivity contribution is 0.484. The van der Waals surface area contributed by atoms with Gasteiger partial charge in [0.15, 0.2) is 5.96 Å². The Morgan fingerprint density at radius 1 is 1.18 bits per heavy atom. The number of hydrogen-bond acceptors (Lipinski definition) is 4. The second-order valence-electron chi connectivity index (χ2n) is 7.61. The Balaban J connectivity index is 2.06. The summed E-state index contributed by atoms with van der Waals surface area (Å²) in [4.78, 5) is 7.98. The molecular weight excluding hydrogens is 392 g/mol. The zero-order valence-corrected chi connectivity index (χ0v) is 18.8. The molecule has 0 radical (unpaired) electrons. The van der Waals surface area contributed by atoms with Crippen LogP contribution in [0.4, 0.5) is 0 Å². The van der Waals surface area contributed by atoms with Gasteiger partial charge in [0, 0.05) is 37.6 Å². The van der Waals surface area contributed by atoms with E-state index in [2.05, 4.69) is 32.5 Å². The molecule has 0 fully saturated rings. The molecule has 1 heterocycles. The first-order valence-electron chi connectivity index (χ1n) is 9.18. The van der Waals surface area contributed by atoms with Crippen molar-refractivity contribution in [1.29, 1.82) is 0 Å². The summed E-state index contributed by atoms with van der Waals surface area (Å²) in [6, 6.07) is 11.2. The van der Waals surface area contributed by atoms with Crippen molar-refractivity contribution in [2.24, 2.45) is 4.99 Å². The van der Waals surface area contributed by atoms with E-state index in [1.165, 1.54) is 4.88 Å². The highest BCUT2D eigenvalue weighted by molar-refractivity contribution is 7.89. The van der Waals surface area contributed by atoms with E-state index in [1.807, 2.05) is 44.9 Å². The van der Waals surface area contributed by atoms with E-state index in [4.69, 9.17) is 0 Å². The molecule has 0 aliphatic heterocycles. The largest absolute Gasteiger partial charge is 0.352 e. The lowest BCUT2D eigenvalue weighted by Crippen LogP contribution is -2.42. The summed E-state index contributed by atoms with van der Waals surface area (Å²) < 4.78 is 28.3. The van der Waals surface area contributed by atoms with Crippen molar-refractivity contribution in [3.63, 3.8) is 0 Å². The van der Waals surface area contributed by atoms with E-state index in [0.717, 1.165) is 18.9 Å². The van der Waals surface area contributed by atoms with E-state index in [9.17, 15) is 8.42 Å². The molecule has 6 nitrogen and oxygen atoms in total. The van der Waals surface area contributed by atoms with Crippen LogP contribution in [0, 0.1) is 0 Å². The average molecular weight is 423 g/mol. The lowest BCUT2D eigenvalue weighted by atomic mass is 10.1. The number of benzene rings is 1. The van der Waals surface area contributed by atoms with Gasteiger partial charge in [-0.1, -0.05) is 24.3 Å². The van der Waals surface area contributed by atoms with Gasteiger partial charge in [-0.15, -0.1) is 11.3 Å². The molecule has 8 heteroatoms. The van der Waals surface area contributed by atoms with Crippen LogP contribution in [-0.2, 0) is 23.0 Å². The third-order valence-electron chi connectivity index (χ3n) is 3.99. The van der Waals surface area contributed by atoms with Gasteiger partial charge in [-0.2, -0.15) is 0 Å². The molecule has 0 spiro atoms. The first kappa shape index (κ1) is 22.4. The van der Waals surface area contributed by atoms with Crippen molar-refractivity contribution in [1.82, 2.24) is 14.9 Å². The maximum atomic E-state index is 12.8. The van der Waals surface area contributed by atoms with Crippen LogP contribution in [0.2, 0.25) is 0 Å². The fourth-order valence-corrected chi connectivity index (χ4v) is 5.13. The van der Waals surface area contributed by atoms with Crippen LogP contribution in [0.3, 0.4) is 0 Å². The molecule has 0 bridgehead atoms. The van der Waals surface area contributed by atoms with Crippen molar-refractivity contribution >= 4 is 27.3 Å². The molecule has 0 saturated carbocycles. The highest BCUT2D eigenvalue weighted by Crippen LogP contribution is 2.18. The van der Waals surface area contributed by atoms with Gasteiger partial charge in [0.25, 0.3) is 0 Å². The second-order valence-corrected chi connectivity index (χ2v) is 10.3. The van der Waals surface area contributed by atoms with Gasteiger partial charge in [-0.3, -0.25) is 4.99 Å². The summed E-state index contributed by atoms with van der Waals surface area (Å²) in [5.74, 6) is 0.729. The maximum absolute atomic E-state index is 12.8. The topological polar surface area (TPSA) is 73.8 Å². The Morgan fingerprint density at radius 2 is 1.89 bits per heavy atom. The van der Waals surface area contributed by atoms with Gasteiger partial charge >= 0.3 is 0 Å². The molecule has 2 aromatic rings. The summed E-state index contributed by atoms with van der Waals surface area (Å²) in [7, 11) is 0.103. The summed E-state index contributed by atoms with van der Waals surface area (Å²) >= 11 is 1.74. The van der Waals surface area contributed by atoms with Crippen molar-refractivity contribution < 1.29 is 8.42 Å². The Bertz CT molecular complexity index is 885. The molecule has 0 unspecified atom stereocenters. The Hall–Kier alpha value is -1.90. The minimum absolute atomic E-state index is 0.286. The van der Waals surface area contributed by atoms with E-state index < -0.39 is 15.6 Å². The minimum Gasteiger partial charge on any atom is -0.352 e. The molecular formula is C20H30N4O2S2. The van der Waals surface area contributed by atoms with Crippen molar-refractivity contribution in [2.45, 2.75) is 44.2 Å². The lowest BCUT2D eigenvalue weighted by Gasteiger charge is -2.24. The first-order chi connectivity index (χ1) is 13.1. The second kappa shape index (κ2) is 9.54. The molecule has 2 N–H and O–H groups in total. The van der Waals surface area contributed by atoms with Crippen LogP contribution in [0.5, 0.6) is 0 Å². The van der Waals surface area contributed by atoms with Crippen LogP contribution in [-0.4, -0.2) is 45.5 Å². The van der Waals surface area contributed by atoms with E-state index in [1.54, 1.807) is 30.5 Å². The molecule has 28 heavy (non-hydrogen) atoms. The Morgan fingerprint density at radius 3 is 2.50 bits per heavy atom.